The van der Waals surface area contributed by atoms with Gasteiger partial charge in [-0.3, -0.25) is 4.79 Å². The van der Waals surface area contributed by atoms with Crippen LogP contribution in [0.4, 0.5) is 5.69 Å². The maximum Gasteiger partial charge on any atom is 0.234 e. The molecule has 1 N–H and O–H groups in total. The topological polar surface area (TPSA) is 72.2 Å². The Labute approximate surface area is 180 Å². The van der Waals surface area contributed by atoms with Crippen molar-refractivity contribution in [2.24, 2.45) is 0 Å². The van der Waals surface area contributed by atoms with Gasteiger partial charge in [-0.1, -0.05) is 41.7 Å². The molecule has 5 rings (SSSR count). The molecule has 1 aliphatic carbocycles. The van der Waals surface area contributed by atoms with E-state index in [1.165, 1.54) is 28.6 Å². The lowest BCUT2D eigenvalue weighted by Crippen LogP contribution is -2.15. The number of hydrogen-bond acceptors (Lipinski definition) is 7. The van der Waals surface area contributed by atoms with Gasteiger partial charge in [0.15, 0.2) is 16.0 Å². The molecule has 1 aliphatic rings. The number of nitrogens with one attached hydrogen (secondary N) is 1. The summed E-state index contributed by atoms with van der Waals surface area (Å²) in [5, 5.41) is 14.6. The highest BCUT2D eigenvalue weighted by molar-refractivity contribution is 8.00. The van der Waals surface area contributed by atoms with Crippen molar-refractivity contribution in [2.75, 3.05) is 17.3 Å². The summed E-state index contributed by atoms with van der Waals surface area (Å²) < 4.78 is 2.00. The zero-order valence-electron chi connectivity index (χ0n) is 16.1. The number of aryl methyl sites for hydroxylation is 3. The van der Waals surface area contributed by atoms with Crippen LogP contribution in [0.1, 0.15) is 22.4 Å². The average Bonchev–Trinajstić information content (AvgIpc) is 3.41. The SMILES string of the molecule is CSc1nc2sc3c(c2c2nnc(SCC(=O)Nc4ccccc4C)n12)CCC3. The lowest BCUT2D eigenvalue weighted by Gasteiger charge is -2.08. The van der Waals surface area contributed by atoms with E-state index in [-0.39, 0.29) is 11.7 Å². The van der Waals surface area contributed by atoms with Gasteiger partial charge in [-0.05, 0) is 49.6 Å². The van der Waals surface area contributed by atoms with Crippen molar-refractivity contribution in [3.8, 4) is 0 Å². The minimum atomic E-state index is -0.0581. The highest BCUT2D eigenvalue weighted by Gasteiger charge is 2.24. The molecule has 1 amide bonds. The van der Waals surface area contributed by atoms with Crippen molar-refractivity contribution in [3.05, 3.63) is 40.3 Å². The summed E-state index contributed by atoms with van der Waals surface area (Å²) in [6, 6.07) is 7.77. The van der Waals surface area contributed by atoms with E-state index in [0.29, 0.717) is 5.16 Å². The largest absolute Gasteiger partial charge is 0.325 e. The fourth-order valence-electron chi connectivity index (χ4n) is 3.70. The summed E-state index contributed by atoms with van der Waals surface area (Å²) in [4.78, 5) is 19.8. The molecule has 29 heavy (non-hydrogen) atoms. The molecule has 0 atom stereocenters. The number of hydrogen-bond donors (Lipinski definition) is 1. The highest BCUT2D eigenvalue weighted by atomic mass is 32.2. The van der Waals surface area contributed by atoms with E-state index in [0.717, 1.165) is 45.1 Å². The number of fused-ring (bicyclic) bond motifs is 5. The Kier molecular flexibility index (Phi) is 4.97. The summed E-state index contributed by atoms with van der Waals surface area (Å²) in [6.45, 7) is 1.98. The third-order valence-electron chi connectivity index (χ3n) is 5.08. The molecule has 4 aromatic rings. The first-order valence-electron chi connectivity index (χ1n) is 9.37. The van der Waals surface area contributed by atoms with E-state index in [1.807, 2.05) is 41.8 Å². The maximum absolute atomic E-state index is 12.5. The quantitative estimate of drug-likeness (QED) is 0.361. The third-order valence-corrected chi connectivity index (χ3v) is 7.84. The van der Waals surface area contributed by atoms with Crippen LogP contribution in [0.15, 0.2) is 34.6 Å². The van der Waals surface area contributed by atoms with Gasteiger partial charge in [0.05, 0.1) is 11.1 Å². The van der Waals surface area contributed by atoms with Gasteiger partial charge in [0.25, 0.3) is 0 Å². The fraction of sp³-hybridized carbons (Fsp3) is 0.300. The zero-order valence-corrected chi connectivity index (χ0v) is 18.5. The Balaban J connectivity index is 1.45. The zero-order chi connectivity index (χ0) is 20.0. The number of para-hydroxylation sites is 1. The van der Waals surface area contributed by atoms with Crippen LogP contribution in [-0.2, 0) is 17.6 Å². The van der Waals surface area contributed by atoms with Gasteiger partial charge >= 0.3 is 0 Å². The third kappa shape index (κ3) is 3.31. The van der Waals surface area contributed by atoms with Crippen LogP contribution in [-0.4, -0.2) is 37.5 Å². The first-order chi connectivity index (χ1) is 14.2. The lowest BCUT2D eigenvalue weighted by atomic mass is 10.2. The van der Waals surface area contributed by atoms with Gasteiger partial charge in [0, 0.05) is 10.6 Å². The predicted octanol–water partition coefficient (Wildman–Crippen LogP) is 4.59. The molecule has 148 valence electrons. The van der Waals surface area contributed by atoms with E-state index >= 15 is 0 Å². The summed E-state index contributed by atoms with van der Waals surface area (Å²) in [5.41, 5.74) is 4.13. The molecular weight excluding hydrogens is 422 g/mol. The molecule has 6 nitrogen and oxygen atoms in total. The Morgan fingerprint density at radius 1 is 1.24 bits per heavy atom. The highest BCUT2D eigenvalue weighted by Crippen LogP contribution is 2.40. The van der Waals surface area contributed by atoms with Crippen LogP contribution in [0, 0.1) is 6.92 Å². The molecule has 0 unspecified atom stereocenters. The van der Waals surface area contributed by atoms with Crippen LogP contribution in [0.25, 0.3) is 15.9 Å². The average molecular weight is 442 g/mol. The molecule has 0 fully saturated rings. The van der Waals surface area contributed by atoms with Gasteiger partial charge in [-0.2, -0.15) is 0 Å². The standard InChI is InChI=1S/C20H19N5OS3/c1-11-6-3-4-8-13(11)21-15(26)10-28-20-24-23-17-16-12-7-5-9-14(12)29-18(16)22-19(27-2)25(17)20/h3-4,6,8H,5,7,9-10H2,1-2H3,(H,21,26). The Hall–Kier alpha value is -2.10. The van der Waals surface area contributed by atoms with Crippen LogP contribution >= 0.6 is 34.9 Å². The van der Waals surface area contributed by atoms with Gasteiger partial charge < -0.3 is 5.32 Å². The number of carbonyl (C=O) groups excluding carboxylic acids is 1. The van der Waals surface area contributed by atoms with Crippen molar-refractivity contribution >= 4 is 62.3 Å². The number of benzene rings is 1. The van der Waals surface area contributed by atoms with Gasteiger partial charge in [-0.15, -0.1) is 21.5 Å². The second-order valence-corrected chi connectivity index (χ2v) is 9.73. The van der Waals surface area contributed by atoms with Crippen molar-refractivity contribution < 1.29 is 4.79 Å². The van der Waals surface area contributed by atoms with Crippen molar-refractivity contribution in [1.29, 1.82) is 0 Å². The van der Waals surface area contributed by atoms with Crippen LogP contribution in [0.3, 0.4) is 0 Å². The number of amides is 1. The first-order valence-corrected chi connectivity index (χ1v) is 12.4. The molecule has 3 heterocycles. The number of thioether (sulfide) groups is 2. The smallest absolute Gasteiger partial charge is 0.234 e. The predicted molar refractivity (Wildman–Crippen MR) is 121 cm³/mol. The van der Waals surface area contributed by atoms with Crippen LogP contribution in [0.5, 0.6) is 0 Å². The summed E-state index contributed by atoms with van der Waals surface area (Å²) in [6.07, 6.45) is 5.42. The number of thiophene rings is 1. The lowest BCUT2D eigenvalue weighted by molar-refractivity contribution is -0.113. The number of aromatic nitrogens is 4. The van der Waals surface area contributed by atoms with Gasteiger partial charge in [-0.25, -0.2) is 9.38 Å². The van der Waals surface area contributed by atoms with Crippen LogP contribution in [0.2, 0.25) is 0 Å². The van der Waals surface area contributed by atoms with E-state index in [4.69, 9.17) is 4.98 Å². The summed E-state index contributed by atoms with van der Waals surface area (Å²) in [5.74, 6) is 0.208. The summed E-state index contributed by atoms with van der Waals surface area (Å²) in [7, 11) is 0. The van der Waals surface area contributed by atoms with E-state index in [2.05, 4.69) is 15.5 Å². The second-order valence-electron chi connectivity index (χ2n) is 6.93. The molecule has 0 bridgehead atoms. The molecule has 0 saturated carbocycles. The van der Waals surface area contributed by atoms with E-state index < -0.39 is 0 Å². The number of carbonyl (C=O) groups is 1. The van der Waals surface area contributed by atoms with E-state index in [1.54, 1.807) is 23.1 Å². The molecule has 0 spiro atoms. The fourth-order valence-corrected chi connectivity index (χ4v) is 6.34. The summed E-state index contributed by atoms with van der Waals surface area (Å²) >= 11 is 4.75. The van der Waals surface area contributed by atoms with E-state index in [9.17, 15) is 4.79 Å². The normalized spacial score (nSPS) is 13.3. The second kappa shape index (κ2) is 7.62. The number of anilines is 1. The molecule has 0 saturated heterocycles. The monoisotopic (exact) mass is 441 g/mol. The molecular formula is C20H19N5OS3. The van der Waals surface area contributed by atoms with Crippen molar-refractivity contribution in [2.45, 2.75) is 36.5 Å². The molecule has 0 radical (unpaired) electrons. The van der Waals surface area contributed by atoms with Crippen molar-refractivity contribution in [1.82, 2.24) is 19.6 Å². The molecule has 1 aromatic carbocycles. The minimum absolute atomic E-state index is 0.0581. The minimum Gasteiger partial charge on any atom is -0.325 e. The molecule has 0 aliphatic heterocycles. The molecule has 3 aromatic heterocycles. The number of rotatable bonds is 5. The Bertz CT molecular complexity index is 1250. The van der Waals surface area contributed by atoms with Crippen LogP contribution < -0.4 is 5.32 Å². The number of nitrogens with zero attached hydrogens (tertiary/aromatic N) is 4. The van der Waals surface area contributed by atoms with Crippen molar-refractivity contribution in [3.63, 3.8) is 0 Å². The molecule has 9 heteroatoms. The maximum atomic E-state index is 12.5. The van der Waals surface area contributed by atoms with Gasteiger partial charge in [0.2, 0.25) is 5.91 Å². The van der Waals surface area contributed by atoms with Gasteiger partial charge in [0.1, 0.15) is 4.83 Å². The first kappa shape index (κ1) is 18.9. The Morgan fingerprint density at radius 2 is 2.10 bits per heavy atom. The Morgan fingerprint density at radius 3 is 2.93 bits per heavy atom.